The van der Waals surface area contributed by atoms with Gasteiger partial charge in [-0.3, -0.25) is 0 Å². The molecule has 4 nitrogen and oxygen atoms in total. The second kappa shape index (κ2) is 5.29. The number of carbonyl (C=O) groups is 1. The molecular formula is C13H19NO3. The molecule has 1 aromatic carbocycles. The van der Waals surface area contributed by atoms with Crippen molar-refractivity contribution < 1.29 is 15.0 Å². The third-order valence-electron chi connectivity index (χ3n) is 2.76. The first-order valence-electron chi connectivity index (χ1n) is 5.58. The van der Waals surface area contributed by atoms with Crippen LogP contribution in [-0.2, 0) is 4.79 Å². The van der Waals surface area contributed by atoms with Crippen LogP contribution in [0.5, 0.6) is 0 Å². The highest BCUT2D eigenvalue weighted by molar-refractivity contribution is 5.76. The van der Waals surface area contributed by atoms with Crippen molar-refractivity contribution in [3.8, 4) is 0 Å². The minimum absolute atomic E-state index is 0.000671. The third kappa shape index (κ3) is 3.84. The Labute approximate surface area is 101 Å². The van der Waals surface area contributed by atoms with Crippen LogP contribution in [-0.4, -0.2) is 28.3 Å². The molecule has 0 fully saturated rings. The van der Waals surface area contributed by atoms with Crippen LogP contribution in [0, 0.1) is 6.92 Å². The highest BCUT2D eigenvalue weighted by atomic mass is 16.4. The summed E-state index contributed by atoms with van der Waals surface area (Å²) >= 11 is 0. The van der Waals surface area contributed by atoms with Gasteiger partial charge in [0.25, 0.3) is 0 Å². The van der Waals surface area contributed by atoms with Crippen LogP contribution in [0.1, 0.15) is 31.0 Å². The number of aryl methyl sites for hydroxylation is 1. The summed E-state index contributed by atoms with van der Waals surface area (Å²) < 4.78 is 0. The van der Waals surface area contributed by atoms with Gasteiger partial charge in [-0.05, 0) is 26.3 Å². The van der Waals surface area contributed by atoms with Crippen LogP contribution in [0.3, 0.4) is 0 Å². The number of aliphatic hydroxyl groups is 1. The van der Waals surface area contributed by atoms with E-state index in [0.29, 0.717) is 0 Å². The fourth-order valence-corrected chi connectivity index (χ4v) is 1.48. The minimum atomic E-state index is -1.74. The molecule has 0 aromatic heterocycles. The molecule has 0 aliphatic carbocycles. The molecule has 2 atom stereocenters. The Morgan fingerprint density at radius 2 is 2.18 bits per heavy atom. The quantitative estimate of drug-likeness (QED) is 0.725. The first-order chi connectivity index (χ1) is 7.83. The molecule has 0 heterocycles. The lowest BCUT2D eigenvalue weighted by atomic mass is 10.0. The maximum Gasteiger partial charge on any atom is 0.336 e. The third-order valence-corrected chi connectivity index (χ3v) is 2.76. The second-order valence-electron chi connectivity index (χ2n) is 4.60. The lowest BCUT2D eigenvalue weighted by Crippen LogP contribution is -2.45. The molecule has 1 aromatic rings. The van der Waals surface area contributed by atoms with E-state index in [1.807, 2.05) is 38.1 Å². The highest BCUT2D eigenvalue weighted by Gasteiger charge is 2.29. The van der Waals surface area contributed by atoms with Crippen molar-refractivity contribution in [2.24, 2.45) is 0 Å². The molecule has 0 radical (unpaired) electrons. The maximum atomic E-state index is 10.7. The molecule has 0 saturated heterocycles. The van der Waals surface area contributed by atoms with Gasteiger partial charge in [0.1, 0.15) is 0 Å². The van der Waals surface area contributed by atoms with Crippen LogP contribution >= 0.6 is 0 Å². The van der Waals surface area contributed by atoms with E-state index in [1.54, 1.807) is 0 Å². The molecule has 3 N–H and O–H groups in total. The zero-order valence-corrected chi connectivity index (χ0v) is 10.4. The number of hydrogen-bond donors (Lipinski definition) is 3. The summed E-state index contributed by atoms with van der Waals surface area (Å²) in [6.45, 7) is 5.24. The van der Waals surface area contributed by atoms with Gasteiger partial charge in [0.15, 0.2) is 5.60 Å². The molecule has 0 bridgehead atoms. The highest BCUT2D eigenvalue weighted by Crippen LogP contribution is 2.14. The summed E-state index contributed by atoms with van der Waals surface area (Å²) in [4.78, 5) is 10.7. The summed E-state index contributed by atoms with van der Waals surface area (Å²) in [6, 6.07) is 7.97. The average Bonchev–Trinajstić information content (AvgIpc) is 2.25. The van der Waals surface area contributed by atoms with Crippen molar-refractivity contribution in [1.29, 1.82) is 0 Å². The Bertz CT molecular complexity index is 401. The molecule has 0 spiro atoms. The van der Waals surface area contributed by atoms with Crippen molar-refractivity contribution >= 4 is 5.97 Å². The first-order valence-corrected chi connectivity index (χ1v) is 5.58. The second-order valence-corrected chi connectivity index (χ2v) is 4.60. The Kier molecular flexibility index (Phi) is 4.26. The van der Waals surface area contributed by atoms with Crippen LogP contribution in [0.2, 0.25) is 0 Å². The standard InChI is InChI=1S/C13H19NO3/c1-9-5-4-6-11(7-9)10(2)14-8-13(3,17)12(15)16/h4-7,10,14,17H,8H2,1-3H3,(H,15,16)/t10-,13?/m1/s1. The summed E-state index contributed by atoms with van der Waals surface area (Å²) in [6.07, 6.45) is 0. The summed E-state index contributed by atoms with van der Waals surface area (Å²) in [7, 11) is 0. The van der Waals surface area contributed by atoms with Gasteiger partial charge < -0.3 is 15.5 Å². The molecule has 94 valence electrons. The lowest BCUT2D eigenvalue weighted by molar-refractivity contribution is -0.156. The van der Waals surface area contributed by atoms with Gasteiger partial charge in [-0.15, -0.1) is 0 Å². The Balaban J connectivity index is 2.62. The molecule has 4 heteroatoms. The fraction of sp³-hybridized carbons (Fsp3) is 0.462. The van der Waals surface area contributed by atoms with E-state index in [0.717, 1.165) is 11.1 Å². The number of hydrogen-bond acceptors (Lipinski definition) is 3. The monoisotopic (exact) mass is 237 g/mol. The molecule has 0 amide bonds. The SMILES string of the molecule is Cc1cccc([C@@H](C)NCC(C)(O)C(=O)O)c1. The smallest absolute Gasteiger partial charge is 0.336 e. The van der Waals surface area contributed by atoms with E-state index in [9.17, 15) is 9.90 Å². The zero-order valence-electron chi connectivity index (χ0n) is 10.4. The van der Waals surface area contributed by atoms with Gasteiger partial charge in [0, 0.05) is 12.6 Å². The van der Waals surface area contributed by atoms with Crippen LogP contribution in [0.4, 0.5) is 0 Å². The molecule has 1 unspecified atom stereocenters. The summed E-state index contributed by atoms with van der Waals surface area (Å²) in [5.74, 6) is -1.22. The minimum Gasteiger partial charge on any atom is -0.479 e. The largest absolute Gasteiger partial charge is 0.479 e. The van der Waals surface area contributed by atoms with Crippen LogP contribution in [0.15, 0.2) is 24.3 Å². The number of rotatable bonds is 5. The molecule has 0 aliphatic heterocycles. The lowest BCUT2D eigenvalue weighted by Gasteiger charge is -2.22. The van der Waals surface area contributed by atoms with Crippen molar-refractivity contribution in [2.75, 3.05) is 6.54 Å². The predicted octanol–water partition coefficient (Wildman–Crippen LogP) is 1.48. The van der Waals surface area contributed by atoms with Gasteiger partial charge in [0.05, 0.1) is 0 Å². The Hall–Kier alpha value is -1.39. The van der Waals surface area contributed by atoms with E-state index in [4.69, 9.17) is 5.11 Å². The molecule has 17 heavy (non-hydrogen) atoms. The molecule has 0 saturated carbocycles. The van der Waals surface area contributed by atoms with Crippen molar-refractivity contribution in [2.45, 2.75) is 32.4 Å². The molecular weight excluding hydrogens is 218 g/mol. The summed E-state index contributed by atoms with van der Waals surface area (Å²) in [5, 5.41) is 21.4. The van der Waals surface area contributed by atoms with Gasteiger partial charge >= 0.3 is 5.97 Å². The predicted molar refractivity (Wildman–Crippen MR) is 65.9 cm³/mol. The fourth-order valence-electron chi connectivity index (χ4n) is 1.48. The van der Waals surface area contributed by atoms with E-state index in [1.165, 1.54) is 6.92 Å². The van der Waals surface area contributed by atoms with Crippen molar-refractivity contribution in [3.05, 3.63) is 35.4 Å². The number of nitrogens with one attached hydrogen (secondary N) is 1. The average molecular weight is 237 g/mol. The molecule has 0 aliphatic rings. The van der Waals surface area contributed by atoms with Gasteiger partial charge in [-0.1, -0.05) is 29.8 Å². The van der Waals surface area contributed by atoms with E-state index >= 15 is 0 Å². The van der Waals surface area contributed by atoms with Crippen molar-refractivity contribution in [1.82, 2.24) is 5.32 Å². The van der Waals surface area contributed by atoms with E-state index in [-0.39, 0.29) is 12.6 Å². The Morgan fingerprint density at radius 3 is 2.71 bits per heavy atom. The van der Waals surface area contributed by atoms with Crippen LogP contribution in [0.25, 0.3) is 0 Å². The normalized spacial score (nSPS) is 16.2. The van der Waals surface area contributed by atoms with E-state index in [2.05, 4.69) is 5.32 Å². The molecule has 1 rings (SSSR count). The number of carboxylic acids is 1. The number of benzene rings is 1. The van der Waals surface area contributed by atoms with Crippen molar-refractivity contribution in [3.63, 3.8) is 0 Å². The summed E-state index contributed by atoms with van der Waals surface area (Å²) in [5.41, 5.74) is 0.491. The maximum absolute atomic E-state index is 10.7. The van der Waals surface area contributed by atoms with Gasteiger partial charge in [-0.25, -0.2) is 4.79 Å². The van der Waals surface area contributed by atoms with Gasteiger partial charge in [0.2, 0.25) is 0 Å². The number of aliphatic carboxylic acids is 1. The van der Waals surface area contributed by atoms with Crippen LogP contribution < -0.4 is 5.32 Å². The van der Waals surface area contributed by atoms with Gasteiger partial charge in [-0.2, -0.15) is 0 Å². The zero-order chi connectivity index (χ0) is 13.1. The topological polar surface area (TPSA) is 69.6 Å². The Morgan fingerprint density at radius 1 is 1.53 bits per heavy atom. The first kappa shape index (κ1) is 13.7. The number of carboxylic acid groups (broad SMARTS) is 1. The van der Waals surface area contributed by atoms with E-state index < -0.39 is 11.6 Å².